The molecule has 0 aliphatic carbocycles. The van der Waals surface area contributed by atoms with Crippen molar-refractivity contribution < 1.29 is 4.74 Å². The molecular formula is C12H10Cl3NO. The van der Waals surface area contributed by atoms with Crippen LogP contribution in [0.1, 0.15) is 5.56 Å². The minimum absolute atomic E-state index is 0.303. The maximum absolute atomic E-state index is 5.93. The van der Waals surface area contributed by atoms with E-state index in [1.54, 1.807) is 24.6 Å². The van der Waals surface area contributed by atoms with E-state index in [1.807, 2.05) is 18.2 Å². The zero-order chi connectivity index (χ0) is 12.3. The molecule has 0 saturated carbocycles. The normalized spacial score (nSPS) is 22.8. The molecule has 0 spiro atoms. The Morgan fingerprint density at radius 2 is 2.12 bits per heavy atom. The second kappa shape index (κ2) is 5.21. The lowest BCUT2D eigenvalue weighted by Crippen LogP contribution is -2.40. The van der Waals surface area contributed by atoms with Crippen molar-refractivity contribution in [1.29, 1.82) is 0 Å². The maximum atomic E-state index is 5.93. The van der Waals surface area contributed by atoms with E-state index >= 15 is 0 Å². The van der Waals surface area contributed by atoms with E-state index in [0.29, 0.717) is 15.9 Å². The fourth-order valence-corrected chi connectivity index (χ4v) is 1.95. The zero-order valence-corrected chi connectivity index (χ0v) is 11.1. The van der Waals surface area contributed by atoms with Gasteiger partial charge < -0.3 is 10.1 Å². The summed E-state index contributed by atoms with van der Waals surface area (Å²) in [5.41, 5.74) is 0.259. The van der Waals surface area contributed by atoms with Crippen LogP contribution in [0.3, 0.4) is 0 Å². The summed E-state index contributed by atoms with van der Waals surface area (Å²) in [5, 5.41) is 4.09. The zero-order valence-electron chi connectivity index (χ0n) is 8.79. The van der Waals surface area contributed by atoms with Gasteiger partial charge in [-0.05, 0) is 23.8 Å². The molecule has 1 aliphatic rings. The highest BCUT2D eigenvalue weighted by atomic mass is 35.5. The molecule has 0 amide bonds. The van der Waals surface area contributed by atoms with Gasteiger partial charge in [-0.25, -0.2) is 0 Å². The van der Waals surface area contributed by atoms with Crippen molar-refractivity contribution in [2.75, 3.05) is 5.88 Å². The molecule has 1 N–H and O–H groups in total. The lowest BCUT2D eigenvalue weighted by molar-refractivity contribution is 0.0966. The summed E-state index contributed by atoms with van der Waals surface area (Å²) in [6, 6.07) is 5.40. The Morgan fingerprint density at radius 3 is 2.71 bits per heavy atom. The van der Waals surface area contributed by atoms with Crippen LogP contribution in [0.2, 0.25) is 10.0 Å². The van der Waals surface area contributed by atoms with Crippen molar-refractivity contribution in [2.45, 2.75) is 5.72 Å². The molecule has 0 saturated heterocycles. The van der Waals surface area contributed by atoms with Gasteiger partial charge in [0.05, 0.1) is 15.9 Å². The predicted octanol–water partition coefficient (Wildman–Crippen LogP) is 4.03. The van der Waals surface area contributed by atoms with E-state index in [-0.39, 0.29) is 0 Å². The van der Waals surface area contributed by atoms with Gasteiger partial charge in [-0.1, -0.05) is 35.3 Å². The molecule has 1 aromatic carbocycles. The quantitative estimate of drug-likeness (QED) is 0.849. The fourth-order valence-electron chi connectivity index (χ4n) is 1.41. The van der Waals surface area contributed by atoms with Gasteiger partial charge >= 0.3 is 0 Å². The van der Waals surface area contributed by atoms with Crippen molar-refractivity contribution in [1.82, 2.24) is 5.32 Å². The fraction of sp³-hybridized carbons (Fsp3) is 0.167. The van der Waals surface area contributed by atoms with Crippen LogP contribution in [0.15, 0.2) is 36.7 Å². The minimum atomic E-state index is -0.673. The standard InChI is InChI=1S/C12H10Cl3NO/c13-8-12(16-5-6-17-12)4-3-9-1-2-10(14)11(15)7-9/h1-7,16H,8H2/b4-3+. The smallest absolute Gasteiger partial charge is 0.212 e. The molecule has 17 heavy (non-hydrogen) atoms. The number of alkyl halides is 1. The Balaban J connectivity index is 2.16. The molecule has 2 nitrogen and oxygen atoms in total. The third-order valence-electron chi connectivity index (χ3n) is 2.36. The van der Waals surface area contributed by atoms with E-state index in [0.717, 1.165) is 5.56 Å². The topological polar surface area (TPSA) is 21.3 Å². The van der Waals surface area contributed by atoms with Crippen molar-refractivity contribution in [2.24, 2.45) is 0 Å². The summed E-state index contributed by atoms with van der Waals surface area (Å²) in [6.45, 7) is 0. The molecule has 0 bridgehead atoms. The van der Waals surface area contributed by atoms with Crippen LogP contribution in [0.5, 0.6) is 0 Å². The van der Waals surface area contributed by atoms with Crippen molar-refractivity contribution in [3.63, 3.8) is 0 Å². The second-order valence-electron chi connectivity index (χ2n) is 3.59. The first kappa shape index (κ1) is 12.6. The third-order valence-corrected chi connectivity index (χ3v) is 3.50. The average Bonchev–Trinajstić information content (AvgIpc) is 2.80. The van der Waals surface area contributed by atoms with Crippen LogP contribution in [-0.2, 0) is 4.74 Å². The van der Waals surface area contributed by atoms with Gasteiger partial charge in [0.2, 0.25) is 5.72 Å². The monoisotopic (exact) mass is 289 g/mol. The summed E-state index contributed by atoms with van der Waals surface area (Å²) in [6.07, 6.45) is 7.01. The first-order chi connectivity index (χ1) is 8.15. The first-order valence-electron chi connectivity index (χ1n) is 4.96. The molecule has 5 heteroatoms. The number of halogens is 3. The van der Waals surface area contributed by atoms with Crippen molar-refractivity contribution in [3.05, 3.63) is 52.3 Å². The second-order valence-corrected chi connectivity index (χ2v) is 4.68. The molecule has 1 unspecified atom stereocenters. The summed E-state index contributed by atoms with van der Waals surface area (Å²) in [5.74, 6) is 0.303. The number of hydrogen-bond donors (Lipinski definition) is 1. The van der Waals surface area contributed by atoms with Crippen LogP contribution >= 0.6 is 34.8 Å². The van der Waals surface area contributed by atoms with Crippen LogP contribution in [0, 0.1) is 0 Å². The van der Waals surface area contributed by atoms with Crippen LogP contribution in [0.4, 0.5) is 0 Å². The number of rotatable bonds is 3. The number of benzene rings is 1. The van der Waals surface area contributed by atoms with Crippen LogP contribution in [-0.4, -0.2) is 11.6 Å². The van der Waals surface area contributed by atoms with E-state index < -0.39 is 5.72 Å². The molecule has 0 fully saturated rings. The third kappa shape index (κ3) is 2.89. The average molecular weight is 291 g/mol. The van der Waals surface area contributed by atoms with Crippen LogP contribution in [0.25, 0.3) is 6.08 Å². The van der Waals surface area contributed by atoms with Gasteiger partial charge in [0.1, 0.15) is 6.26 Å². The molecule has 1 aromatic rings. The SMILES string of the molecule is ClCC1(/C=C/c2ccc(Cl)c(Cl)c2)NC=CO1. The Bertz CT molecular complexity index is 463. The molecule has 0 aromatic heterocycles. The highest BCUT2D eigenvalue weighted by Crippen LogP contribution is 2.24. The Morgan fingerprint density at radius 1 is 1.29 bits per heavy atom. The molecule has 1 aliphatic heterocycles. The van der Waals surface area contributed by atoms with E-state index in [1.165, 1.54) is 0 Å². The van der Waals surface area contributed by atoms with Crippen LogP contribution < -0.4 is 5.32 Å². The minimum Gasteiger partial charge on any atom is -0.469 e. The lowest BCUT2D eigenvalue weighted by atomic mass is 10.1. The number of hydrogen-bond acceptors (Lipinski definition) is 2. The van der Waals surface area contributed by atoms with E-state index in [2.05, 4.69) is 5.32 Å². The Labute approximate surface area is 115 Å². The van der Waals surface area contributed by atoms with Gasteiger partial charge in [-0.3, -0.25) is 0 Å². The number of nitrogens with one attached hydrogen (secondary N) is 1. The highest BCUT2D eigenvalue weighted by molar-refractivity contribution is 6.42. The van der Waals surface area contributed by atoms with Crippen molar-refractivity contribution in [3.8, 4) is 0 Å². The van der Waals surface area contributed by atoms with Gasteiger partial charge in [-0.15, -0.1) is 11.6 Å². The first-order valence-corrected chi connectivity index (χ1v) is 6.25. The van der Waals surface area contributed by atoms with Gasteiger partial charge in [0.15, 0.2) is 0 Å². The highest BCUT2D eigenvalue weighted by Gasteiger charge is 2.28. The summed E-state index contributed by atoms with van der Waals surface area (Å²) in [7, 11) is 0. The lowest BCUT2D eigenvalue weighted by Gasteiger charge is -2.22. The predicted molar refractivity (Wildman–Crippen MR) is 72.3 cm³/mol. The Kier molecular flexibility index (Phi) is 3.87. The van der Waals surface area contributed by atoms with Gasteiger partial charge in [-0.2, -0.15) is 0 Å². The molecule has 1 heterocycles. The molecular weight excluding hydrogens is 280 g/mol. The molecule has 90 valence electrons. The van der Waals surface area contributed by atoms with Crippen molar-refractivity contribution >= 4 is 40.9 Å². The van der Waals surface area contributed by atoms with Gasteiger partial charge in [0.25, 0.3) is 0 Å². The summed E-state index contributed by atoms with van der Waals surface area (Å²) >= 11 is 17.6. The number of ether oxygens (including phenoxy) is 1. The molecule has 2 rings (SSSR count). The van der Waals surface area contributed by atoms with E-state index in [9.17, 15) is 0 Å². The molecule has 0 radical (unpaired) electrons. The van der Waals surface area contributed by atoms with Gasteiger partial charge in [0, 0.05) is 6.20 Å². The summed E-state index contributed by atoms with van der Waals surface area (Å²) < 4.78 is 5.40. The Hall–Kier alpha value is -0.830. The summed E-state index contributed by atoms with van der Waals surface area (Å²) in [4.78, 5) is 0. The molecule has 1 atom stereocenters. The van der Waals surface area contributed by atoms with E-state index in [4.69, 9.17) is 39.5 Å². The largest absolute Gasteiger partial charge is 0.469 e. The maximum Gasteiger partial charge on any atom is 0.212 e.